The molecule has 0 bridgehead atoms. The van der Waals surface area contributed by atoms with Gasteiger partial charge in [0.25, 0.3) is 5.91 Å². The zero-order chi connectivity index (χ0) is 21.7. The first-order chi connectivity index (χ1) is 15.0. The zero-order valence-corrected chi connectivity index (χ0v) is 16.5. The second kappa shape index (κ2) is 7.18. The molecule has 1 N–H and O–H groups in total. The number of urea groups is 1. The summed E-state index contributed by atoms with van der Waals surface area (Å²) in [7, 11) is 0. The number of carbonyl (C=O) groups is 2. The number of thioether (sulfide) groups is 1. The Morgan fingerprint density at radius 2 is 1.90 bits per heavy atom. The fourth-order valence-corrected chi connectivity index (χ4v) is 5.05. The Kier molecular flexibility index (Phi) is 4.45. The van der Waals surface area contributed by atoms with Crippen molar-refractivity contribution in [3.05, 3.63) is 77.6 Å². The summed E-state index contributed by atoms with van der Waals surface area (Å²) < 4.78 is 27.3. The van der Waals surface area contributed by atoms with Crippen LogP contribution in [0.1, 0.15) is 11.1 Å². The molecule has 2 aliphatic heterocycles. The van der Waals surface area contributed by atoms with E-state index in [0.29, 0.717) is 16.0 Å². The number of aromatic nitrogens is 1. The highest BCUT2D eigenvalue weighted by atomic mass is 32.2. The van der Waals surface area contributed by atoms with Crippen LogP contribution in [-0.2, 0) is 4.79 Å². The van der Waals surface area contributed by atoms with Gasteiger partial charge in [0, 0.05) is 27.4 Å². The summed E-state index contributed by atoms with van der Waals surface area (Å²) in [4.78, 5) is 31.7. The van der Waals surface area contributed by atoms with Crippen molar-refractivity contribution in [2.75, 3.05) is 4.90 Å². The standard InChI is InChI=1S/C22H12F2N4O2S/c23-15-5-12(8-25)14(6-16(15)24)19-7-17-20(31-19)21(29)28(22(30)27-17)18-10-26-9-11-3-1-2-4-13(11)18/h1-7,9-10,17,20H,(H,27,30). The summed E-state index contributed by atoms with van der Waals surface area (Å²) in [5.41, 5.74) is 0.491. The molecule has 1 fully saturated rings. The van der Waals surface area contributed by atoms with Gasteiger partial charge in [-0.2, -0.15) is 5.26 Å². The summed E-state index contributed by atoms with van der Waals surface area (Å²) in [6.07, 6.45) is 4.69. The lowest BCUT2D eigenvalue weighted by Gasteiger charge is -2.33. The Morgan fingerprint density at radius 1 is 1.13 bits per heavy atom. The number of anilines is 1. The summed E-state index contributed by atoms with van der Waals surface area (Å²) >= 11 is 1.10. The van der Waals surface area contributed by atoms with Gasteiger partial charge in [-0.05, 0) is 18.2 Å². The number of hydrogen-bond donors (Lipinski definition) is 1. The van der Waals surface area contributed by atoms with Crippen LogP contribution in [0.5, 0.6) is 0 Å². The number of nitrogens with zero attached hydrogens (tertiary/aromatic N) is 3. The molecule has 2 atom stereocenters. The SMILES string of the molecule is N#Cc1cc(F)c(F)cc1C1=CC2NC(=O)N(c3cncc4ccccc34)C(=O)C2S1. The van der Waals surface area contributed by atoms with Gasteiger partial charge < -0.3 is 5.32 Å². The Labute approximate surface area is 179 Å². The molecule has 0 aliphatic carbocycles. The molecular weight excluding hydrogens is 422 g/mol. The van der Waals surface area contributed by atoms with E-state index in [1.54, 1.807) is 24.4 Å². The van der Waals surface area contributed by atoms with Gasteiger partial charge in [0.15, 0.2) is 11.6 Å². The summed E-state index contributed by atoms with van der Waals surface area (Å²) in [5.74, 6) is -2.67. The van der Waals surface area contributed by atoms with Crippen molar-refractivity contribution in [3.8, 4) is 6.07 Å². The Bertz CT molecular complexity index is 1350. The van der Waals surface area contributed by atoms with E-state index in [9.17, 15) is 23.6 Å². The third-order valence-electron chi connectivity index (χ3n) is 5.20. The normalized spacial score (nSPS) is 20.3. The first-order valence-corrected chi connectivity index (χ1v) is 10.1. The predicted molar refractivity (Wildman–Crippen MR) is 112 cm³/mol. The van der Waals surface area contributed by atoms with Gasteiger partial charge in [-0.25, -0.2) is 18.5 Å². The van der Waals surface area contributed by atoms with Gasteiger partial charge in [0.1, 0.15) is 5.25 Å². The third-order valence-corrected chi connectivity index (χ3v) is 6.56. The maximum atomic E-state index is 13.8. The number of imide groups is 1. The summed E-state index contributed by atoms with van der Waals surface area (Å²) in [5, 5.41) is 12.8. The van der Waals surface area contributed by atoms with Crippen LogP contribution in [0.4, 0.5) is 19.3 Å². The molecule has 1 saturated heterocycles. The van der Waals surface area contributed by atoms with Crippen LogP contribution in [0.25, 0.3) is 15.7 Å². The second-order valence-corrected chi connectivity index (χ2v) is 8.21. The topological polar surface area (TPSA) is 86.1 Å². The zero-order valence-electron chi connectivity index (χ0n) is 15.7. The monoisotopic (exact) mass is 434 g/mol. The maximum Gasteiger partial charge on any atom is 0.329 e. The number of carbonyl (C=O) groups excluding carboxylic acids is 2. The van der Waals surface area contributed by atoms with E-state index in [1.807, 2.05) is 18.2 Å². The van der Waals surface area contributed by atoms with Crippen LogP contribution in [0.2, 0.25) is 0 Å². The Hall–Kier alpha value is -3.77. The summed E-state index contributed by atoms with van der Waals surface area (Å²) in [6, 6.07) is 9.62. The van der Waals surface area contributed by atoms with Gasteiger partial charge >= 0.3 is 6.03 Å². The highest BCUT2D eigenvalue weighted by Crippen LogP contribution is 2.44. The molecule has 3 aromatic rings. The molecular formula is C22H12F2N4O2S. The van der Waals surface area contributed by atoms with Crippen molar-refractivity contribution >= 4 is 45.1 Å². The van der Waals surface area contributed by atoms with E-state index in [0.717, 1.165) is 34.2 Å². The minimum atomic E-state index is -1.12. The van der Waals surface area contributed by atoms with Crippen molar-refractivity contribution in [1.29, 1.82) is 5.26 Å². The average molecular weight is 434 g/mol. The molecule has 6 nitrogen and oxygen atoms in total. The second-order valence-electron chi connectivity index (χ2n) is 7.02. The molecule has 0 radical (unpaired) electrons. The van der Waals surface area contributed by atoms with Crippen LogP contribution in [0.15, 0.2) is 54.9 Å². The van der Waals surface area contributed by atoms with E-state index >= 15 is 0 Å². The molecule has 152 valence electrons. The molecule has 31 heavy (non-hydrogen) atoms. The molecule has 2 aliphatic rings. The molecule has 0 spiro atoms. The lowest BCUT2D eigenvalue weighted by Crippen LogP contribution is -2.60. The molecule has 5 rings (SSSR count). The minimum Gasteiger partial charge on any atom is -0.329 e. The third kappa shape index (κ3) is 3.04. The van der Waals surface area contributed by atoms with E-state index in [1.165, 1.54) is 6.20 Å². The molecule has 0 saturated carbocycles. The minimum absolute atomic E-state index is 0.0508. The van der Waals surface area contributed by atoms with E-state index < -0.39 is 34.9 Å². The van der Waals surface area contributed by atoms with Gasteiger partial charge in [0.2, 0.25) is 0 Å². The molecule has 2 unspecified atom stereocenters. The molecule has 1 aromatic heterocycles. The lowest BCUT2D eigenvalue weighted by atomic mass is 10.0. The highest BCUT2D eigenvalue weighted by molar-refractivity contribution is 8.09. The highest BCUT2D eigenvalue weighted by Gasteiger charge is 2.46. The quantitative estimate of drug-likeness (QED) is 0.660. The van der Waals surface area contributed by atoms with Gasteiger partial charge in [-0.3, -0.25) is 9.78 Å². The number of benzene rings is 2. The van der Waals surface area contributed by atoms with E-state index in [4.69, 9.17) is 0 Å². The van der Waals surface area contributed by atoms with Crippen molar-refractivity contribution in [2.45, 2.75) is 11.3 Å². The average Bonchev–Trinajstić information content (AvgIpc) is 3.19. The van der Waals surface area contributed by atoms with Crippen LogP contribution >= 0.6 is 11.8 Å². The molecule has 9 heteroatoms. The van der Waals surface area contributed by atoms with Gasteiger partial charge in [0.05, 0.1) is 29.6 Å². The van der Waals surface area contributed by atoms with Crippen molar-refractivity contribution in [2.24, 2.45) is 0 Å². The van der Waals surface area contributed by atoms with Crippen LogP contribution in [0, 0.1) is 23.0 Å². The first kappa shape index (κ1) is 19.2. The Morgan fingerprint density at radius 3 is 2.71 bits per heavy atom. The van der Waals surface area contributed by atoms with Gasteiger partial charge in [-0.15, -0.1) is 11.8 Å². The number of pyridine rings is 1. The number of nitriles is 1. The van der Waals surface area contributed by atoms with Gasteiger partial charge in [-0.1, -0.05) is 24.3 Å². The fraction of sp³-hybridized carbons (Fsp3) is 0.0909. The van der Waals surface area contributed by atoms with Crippen LogP contribution < -0.4 is 10.2 Å². The first-order valence-electron chi connectivity index (χ1n) is 9.23. The number of halogens is 2. The molecule has 3 heterocycles. The number of nitrogens with one attached hydrogen (secondary N) is 1. The number of hydrogen-bond acceptors (Lipinski definition) is 5. The number of fused-ring (bicyclic) bond motifs is 2. The number of amides is 3. The molecule has 2 aromatic carbocycles. The lowest BCUT2D eigenvalue weighted by molar-refractivity contribution is -0.118. The number of rotatable bonds is 2. The Balaban J connectivity index is 1.52. The summed E-state index contributed by atoms with van der Waals surface area (Å²) in [6.45, 7) is 0. The van der Waals surface area contributed by atoms with E-state index in [2.05, 4.69) is 10.3 Å². The van der Waals surface area contributed by atoms with E-state index in [-0.39, 0.29) is 11.1 Å². The van der Waals surface area contributed by atoms with Crippen molar-refractivity contribution < 1.29 is 18.4 Å². The maximum absolute atomic E-state index is 13.8. The largest absolute Gasteiger partial charge is 0.329 e. The van der Waals surface area contributed by atoms with Crippen LogP contribution in [0.3, 0.4) is 0 Å². The van der Waals surface area contributed by atoms with Crippen molar-refractivity contribution in [3.63, 3.8) is 0 Å². The smallest absolute Gasteiger partial charge is 0.329 e. The van der Waals surface area contributed by atoms with Crippen molar-refractivity contribution in [1.82, 2.24) is 10.3 Å². The van der Waals surface area contributed by atoms with Crippen LogP contribution in [-0.4, -0.2) is 28.2 Å². The predicted octanol–water partition coefficient (Wildman–Crippen LogP) is 3.97. The molecule has 3 amide bonds. The fourth-order valence-electron chi connectivity index (χ4n) is 3.76.